The Bertz CT molecular complexity index is 1220. The number of anilines is 1. The fourth-order valence-electron chi connectivity index (χ4n) is 3.97. The van der Waals surface area contributed by atoms with Crippen LogP contribution in [-0.4, -0.2) is 27.5 Å². The molecule has 4 rings (SSSR count). The van der Waals surface area contributed by atoms with Crippen LogP contribution in [-0.2, 0) is 28.2 Å². The number of thioether (sulfide) groups is 1. The molecule has 0 radical (unpaired) electrons. The predicted molar refractivity (Wildman–Crippen MR) is 130 cm³/mol. The second kappa shape index (κ2) is 9.87. The first-order chi connectivity index (χ1) is 15.4. The van der Waals surface area contributed by atoms with E-state index in [0.29, 0.717) is 17.3 Å². The quantitative estimate of drug-likeness (QED) is 0.485. The van der Waals surface area contributed by atoms with Crippen LogP contribution in [0, 0.1) is 0 Å². The highest BCUT2D eigenvalue weighted by Crippen LogP contribution is 2.33. The number of benzene rings is 1. The van der Waals surface area contributed by atoms with E-state index in [2.05, 4.69) is 20.6 Å². The van der Waals surface area contributed by atoms with Crippen LogP contribution < -0.4 is 16.2 Å². The zero-order valence-corrected chi connectivity index (χ0v) is 19.8. The van der Waals surface area contributed by atoms with Gasteiger partial charge in [-0.2, -0.15) is 0 Å². The van der Waals surface area contributed by atoms with Crippen LogP contribution in [0.4, 0.5) is 5.69 Å². The number of aryl methyl sites for hydroxylation is 2. The fourth-order valence-corrected chi connectivity index (χ4v) is 5.95. The number of carbonyl (C=O) groups is 2. The molecule has 0 spiro atoms. The molecule has 2 amide bonds. The topological polar surface area (TPSA) is 104 Å². The number of amides is 2. The molecule has 1 aromatic carbocycles. The van der Waals surface area contributed by atoms with Crippen LogP contribution in [0.3, 0.4) is 0 Å². The van der Waals surface area contributed by atoms with Crippen LogP contribution in [0.2, 0.25) is 0 Å². The summed E-state index contributed by atoms with van der Waals surface area (Å²) in [7, 11) is 0. The number of nitrogens with zero attached hydrogens (tertiary/aromatic N) is 1. The second-order valence-electron chi connectivity index (χ2n) is 7.99. The molecule has 3 N–H and O–H groups in total. The van der Waals surface area contributed by atoms with Gasteiger partial charge < -0.3 is 15.6 Å². The molecule has 2 aromatic heterocycles. The standard InChI is InChI=1S/C23H26N4O3S2/c1-13(15-6-5-7-16(10-15)25-14(2)28)24-20(29)12-31-11-19-26-22(30)21-17-8-3-4-9-18(17)32-23(21)27-19/h5-7,10,13H,3-4,8-9,11-12H2,1-2H3,(H,24,29)(H,25,28)(H,26,27,30). The molecule has 0 saturated carbocycles. The maximum Gasteiger partial charge on any atom is 0.259 e. The van der Waals surface area contributed by atoms with Gasteiger partial charge in [0.15, 0.2) is 0 Å². The average Bonchev–Trinajstić information content (AvgIpc) is 3.12. The van der Waals surface area contributed by atoms with Gasteiger partial charge in [0, 0.05) is 17.5 Å². The predicted octanol–water partition coefficient (Wildman–Crippen LogP) is 3.93. The maximum atomic E-state index is 12.6. The highest BCUT2D eigenvalue weighted by Gasteiger charge is 2.20. The van der Waals surface area contributed by atoms with Gasteiger partial charge in [-0.05, 0) is 55.9 Å². The molecule has 1 aliphatic carbocycles. The Morgan fingerprint density at radius 2 is 2.09 bits per heavy atom. The Hall–Kier alpha value is -2.65. The Labute approximate surface area is 194 Å². The molecule has 0 fully saturated rings. The van der Waals surface area contributed by atoms with E-state index in [4.69, 9.17) is 0 Å². The lowest BCUT2D eigenvalue weighted by Crippen LogP contribution is -2.28. The average molecular weight is 471 g/mol. The molecule has 0 bridgehead atoms. The molecular formula is C23H26N4O3S2. The minimum Gasteiger partial charge on any atom is -0.349 e. The zero-order valence-electron chi connectivity index (χ0n) is 18.1. The van der Waals surface area contributed by atoms with Crippen molar-refractivity contribution < 1.29 is 9.59 Å². The van der Waals surface area contributed by atoms with Gasteiger partial charge in [0.05, 0.1) is 22.9 Å². The van der Waals surface area contributed by atoms with Crippen molar-refractivity contribution in [2.45, 2.75) is 51.3 Å². The summed E-state index contributed by atoms with van der Waals surface area (Å²) >= 11 is 3.05. The lowest BCUT2D eigenvalue weighted by molar-refractivity contribution is -0.119. The van der Waals surface area contributed by atoms with Gasteiger partial charge in [-0.3, -0.25) is 14.4 Å². The van der Waals surface area contributed by atoms with Crippen molar-refractivity contribution in [3.05, 3.63) is 56.4 Å². The van der Waals surface area contributed by atoms with Gasteiger partial charge in [-0.15, -0.1) is 23.1 Å². The van der Waals surface area contributed by atoms with Crippen molar-refractivity contribution >= 4 is 50.8 Å². The lowest BCUT2D eigenvalue weighted by Gasteiger charge is -2.15. The van der Waals surface area contributed by atoms with Gasteiger partial charge >= 0.3 is 0 Å². The number of hydrogen-bond donors (Lipinski definition) is 3. The van der Waals surface area contributed by atoms with Crippen LogP contribution in [0.15, 0.2) is 29.1 Å². The Morgan fingerprint density at radius 3 is 2.91 bits per heavy atom. The lowest BCUT2D eigenvalue weighted by atomic mass is 9.97. The Balaban J connectivity index is 1.33. The number of aromatic nitrogens is 2. The molecule has 32 heavy (non-hydrogen) atoms. The number of carbonyl (C=O) groups excluding carboxylic acids is 2. The summed E-state index contributed by atoms with van der Waals surface area (Å²) < 4.78 is 0. The molecule has 1 unspecified atom stereocenters. The Kier molecular flexibility index (Phi) is 6.95. The number of thiophene rings is 1. The number of aromatic amines is 1. The first-order valence-electron chi connectivity index (χ1n) is 10.7. The minimum absolute atomic E-state index is 0.0675. The number of H-pyrrole nitrogens is 1. The first kappa shape index (κ1) is 22.5. The van der Waals surface area contributed by atoms with E-state index in [1.165, 1.54) is 35.5 Å². The minimum atomic E-state index is -0.191. The third kappa shape index (κ3) is 5.21. The van der Waals surface area contributed by atoms with Crippen molar-refractivity contribution in [3.8, 4) is 0 Å². The summed E-state index contributed by atoms with van der Waals surface area (Å²) in [5.41, 5.74) is 2.72. The smallest absolute Gasteiger partial charge is 0.259 e. The van der Waals surface area contributed by atoms with E-state index in [1.807, 2.05) is 31.2 Å². The third-order valence-corrected chi connectivity index (χ3v) is 7.56. The molecule has 9 heteroatoms. The summed E-state index contributed by atoms with van der Waals surface area (Å²) in [6.45, 7) is 3.36. The number of hydrogen-bond acceptors (Lipinski definition) is 6. The van der Waals surface area contributed by atoms with Crippen LogP contribution in [0.25, 0.3) is 10.2 Å². The number of nitrogens with one attached hydrogen (secondary N) is 3. The Morgan fingerprint density at radius 1 is 1.28 bits per heavy atom. The summed E-state index contributed by atoms with van der Waals surface area (Å²) in [6.07, 6.45) is 4.29. The van der Waals surface area contributed by atoms with Gasteiger partial charge in [0.1, 0.15) is 10.7 Å². The van der Waals surface area contributed by atoms with E-state index in [1.54, 1.807) is 11.3 Å². The molecular weight excluding hydrogens is 444 g/mol. The largest absolute Gasteiger partial charge is 0.349 e. The molecule has 168 valence electrons. The highest BCUT2D eigenvalue weighted by atomic mass is 32.2. The molecule has 3 aromatic rings. The molecule has 1 atom stereocenters. The van der Waals surface area contributed by atoms with E-state index < -0.39 is 0 Å². The van der Waals surface area contributed by atoms with Crippen LogP contribution in [0.5, 0.6) is 0 Å². The van der Waals surface area contributed by atoms with Gasteiger partial charge in [-0.1, -0.05) is 12.1 Å². The molecule has 0 aliphatic heterocycles. The normalized spacial score (nSPS) is 14.1. The van der Waals surface area contributed by atoms with Crippen LogP contribution >= 0.6 is 23.1 Å². The highest BCUT2D eigenvalue weighted by molar-refractivity contribution is 7.99. The van der Waals surface area contributed by atoms with E-state index in [0.717, 1.165) is 35.0 Å². The molecule has 0 saturated heterocycles. The summed E-state index contributed by atoms with van der Waals surface area (Å²) in [5, 5.41) is 6.48. The number of rotatable bonds is 7. The summed E-state index contributed by atoms with van der Waals surface area (Å²) in [6, 6.07) is 7.23. The SMILES string of the molecule is CC(=O)Nc1cccc(C(C)NC(=O)CSCc2nc3sc4c(c3c(=O)[nH]2)CCCC4)c1. The zero-order chi connectivity index (χ0) is 22.7. The fraction of sp³-hybridized carbons (Fsp3) is 0.391. The second-order valence-corrected chi connectivity index (χ2v) is 10.1. The maximum absolute atomic E-state index is 12.6. The van der Waals surface area contributed by atoms with Crippen LogP contribution in [0.1, 0.15) is 54.6 Å². The molecule has 1 aliphatic rings. The summed E-state index contributed by atoms with van der Waals surface area (Å²) in [4.78, 5) is 45.9. The van der Waals surface area contributed by atoms with E-state index in [9.17, 15) is 14.4 Å². The number of fused-ring (bicyclic) bond motifs is 3. The van der Waals surface area contributed by atoms with Crippen molar-refractivity contribution in [2.24, 2.45) is 0 Å². The van der Waals surface area contributed by atoms with E-state index >= 15 is 0 Å². The molecule has 7 nitrogen and oxygen atoms in total. The van der Waals surface area contributed by atoms with Gasteiger partial charge in [0.25, 0.3) is 5.56 Å². The monoisotopic (exact) mass is 470 g/mol. The first-order valence-corrected chi connectivity index (χ1v) is 12.7. The molecule has 2 heterocycles. The summed E-state index contributed by atoms with van der Waals surface area (Å²) in [5.74, 6) is 1.10. The van der Waals surface area contributed by atoms with Gasteiger partial charge in [-0.25, -0.2) is 4.98 Å². The third-order valence-electron chi connectivity index (χ3n) is 5.43. The van der Waals surface area contributed by atoms with E-state index in [-0.39, 0.29) is 29.2 Å². The van der Waals surface area contributed by atoms with Crippen molar-refractivity contribution in [3.63, 3.8) is 0 Å². The van der Waals surface area contributed by atoms with Crippen molar-refractivity contribution in [1.82, 2.24) is 15.3 Å². The van der Waals surface area contributed by atoms with Crippen molar-refractivity contribution in [2.75, 3.05) is 11.1 Å². The van der Waals surface area contributed by atoms with Crippen molar-refractivity contribution in [1.29, 1.82) is 0 Å². The van der Waals surface area contributed by atoms with Gasteiger partial charge in [0.2, 0.25) is 11.8 Å².